The van der Waals surface area contributed by atoms with Gasteiger partial charge in [0.25, 0.3) is 0 Å². The molecule has 0 aliphatic heterocycles. The van der Waals surface area contributed by atoms with E-state index in [1.807, 2.05) is 0 Å². The molecule has 1 fully saturated rings. The third kappa shape index (κ3) is 2.08. The lowest BCUT2D eigenvalue weighted by Gasteiger charge is -2.31. The summed E-state index contributed by atoms with van der Waals surface area (Å²) in [5.74, 6) is 2.59. The molecule has 1 saturated carbocycles. The Kier molecular flexibility index (Phi) is 2.75. The quantitative estimate of drug-likeness (QED) is 0.503. The molecule has 0 unspecified atom stereocenters. The Bertz CT molecular complexity index is 144. The molecule has 2 atom stereocenters. The minimum absolute atomic E-state index is 0.774. The first-order chi connectivity index (χ1) is 5.11. The van der Waals surface area contributed by atoms with Crippen LogP contribution in [0.15, 0.2) is 12.2 Å². The van der Waals surface area contributed by atoms with Gasteiger partial charge >= 0.3 is 0 Å². The molecule has 0 nitrogen and oxygen atoms in total. The fourth-order valence-electron chi connectivity index (χ4n) is 1.96. The van der Waals surface area contributed by atoms with Gasteiger partial charge in [-0.1, -0.05) is 32.9 Å². The van der Waals surface area contributed by atoms with Crippen LogP contribution in [0.1, 0.15) is 40.0 Å². The normalized spacial score (nSPS) is 32.9. The number of rotatable bonds is 1. The highest BCUT2D eigenvalue weighted by Crippen LogP contribution is 2.35. The summed E-state index contributed by atoms with van der Waals surface area (Å²) in [6.07, 6.45) is 4.02. The zero-order valence-corrected chi connectivity index (χ0v) is 8.06. The average molecular weight is 152 g/mol. The van der Waals surface area contributed by atoms with Crippen LogP contribution in [0.2, 0.25) is 0 Å². The molecule has 0 heteroatoms. The van der Waals surface area contributed by atoms with Crippen LogP contribution in [0.3, 0.4) is 0 Å². The predicted octanol–water partition coefficient (Wildman–Crippen LogP) is 3.63. The Hall–Kier alpha value is -0.260. The molecule has 11 heavy (non-hydrogen) atoms. The van der Waals surface area contributed by atoms with Crippen LogP contribution in [0.4, 0.5) is 0 Å². The zero-order chi connectivity index (χ0) is 8.43. The van der Waals surface area contributed by atoms with Crippen molar-refractivity contribution in [2.75, 3.05) is 0 Å². The van der Waals surface area contributed by atoms with E-state index in [9.17, 15) is 0 Å². The molecule has 1 aliphatic rings. The summed E-state index contributed by atoms with van der Waals surface area (Å²) in [7, 11) is 0. The summed E-state index contributed by atoms with van der Waals surface area (Å²) in [6, 6.07) is 0. The van der Waals surface area contributed by atoms with Crippen molar-refractivity contribution in [3.63, 3.8) is 0 Å². The molecule has 64 valence electrons. The number of allylic oxidation sites excluding steroid dienone is 1. The molecule has 0 aromatic carbocycles. The molecule has 1 rings (SSSR count). The Balaban J connectivity index is 2.46. The first-order valence-electron chi connectivity index (χ1n) is 4.79. The van der Waals surface area contributed by atoms with Gasteiger partial charge in [-0.3, -0.25) is 0 Å². The van der Waals surface area contributed by atoms with E-state index in [1.54, 1.807) is 0 Å². The average Bonchev–Trinajstić information content (AvgIpc) is 1.94. The van der Waals surface area contributed by atoms with E-state index in [2.05, 4.69) is 27.4 Å². The fraction of sp³-hybridized carbons (Fsp3) is 0.818. The molecule has 0 N–H and O–H groups in total. The molecule has 1 aliphatic carbocycles. The zero-order valence-electron chi connectivity index (χ0n) is 8.06. The van der Waals surface area contributed by atoms with Gasteiger partial charge in [-0.2, -0.15) is 0 Å². The first-order valence-corrected chi connectivity index (χ1v) is 4.79. The molecule has 0 saturated heterocycles. The van der Waals surface area contributed by atoms with E-state index < -0.39 is 0 Å². The maximum atomic E-state index is 4.09. The highest BCUT2D eigenvalue weighted by molar-refractivity contribution is 5.03. The summed E-state index contributed by atoms with van der Waals surface area (Å²) < 4.78 is 0. The molecular weight excluding hydrogens is 132 g/mol. The first kappa shape index (κ1) is 8.83. The Morgan fingerprint density at radius 2 is 2.09 bits per heavy atom. The molecule has 0 heterocycles. The standard InChI is InChI=1S/C11H20/c1-8(2)11-6-5-9(3)10(4)7-11/h8,10-11H,3,5-7H2,1-2,4H3/t10-,11-/m1/s1. The van der Waals surface area contributed by atoms with E-state index in [1.165, 1.54) is 24.8 Å². The van der Waals surface area contributed by atoms with E-state index in [-0.39, 0.29) is 0 Å². The molecule has 0 bridgehead atoms. The van der Waals surface area contributed by atoms with Gasteiger partial charge in [0.1, 0.15) is 0 Å². The minimum atomic E-state index is 0.774. The van der Waals surface area contributed by atoms with Gasteiger partial charge in [0.15, 0.2) is 0 Å². The second-order valence-electron chi connectivity index (χ2n) is 4.34. The highest BCUT2D eigenvalue weighted by Gasteiger charge is 2.23. The summed E-state index contributed by atoms with van der Waals surface area (Å²) in [4.78, 5) is 0. The van der Waals surface area contributed by atoms with Gasteiger partial charge in [-0.25, -0.2) is 0 Å². The lowest BCUT2D eigenvalue weighted by molar-refractivity contribution is 0.271. The van der Waals surface area contributed by atoms with Crippen LogP contribution >= 0.6 is 0 Å². The van der Waals surface area contributed by atoms with E-state index in [0.717, 1.165) is 17.8 Å². The maximum Gasteiger partial charge on any atom is -0.0232 e. The molecular formula is C11H20. The van der Waals surface area contributed by atoms with E-state index in [0.29, 0.717) is 0 Å². The summed E-state index contributed by atoms with van der Waals surface area (Å²) in [6.45, 7) is 11.1. The second-order valence-corrected chi connectivity index (χ2v) is 4.34. The largest absolute Gasteiger partial charge is 0.0996 e. The lowest BCUT2D eigenvalue weighted by atomic mass is 9.75. The fourth-order valence-corrected chi connectivity index (χ4v) is 1.96. The summed E-state index contributed by atoms with van der Waals surface area (Å²) in [5, 5.41) is 0. The van der Waals surface area contributed by atoms with Gasteiger partial charge in [-0.05, 0) is 37.0 Å². The second kappa shape index (κ2) is 3.42. The molecule has 0 aromatic rings. The summed E-state index contributed by atoms with van der Waals surface area (Å²) in [5.41, 5.74) is 1.47. The highest BCUT2D eigenvalue weighted by atomic mass is 14.3. The number of hydrogen-bond acceptors (Lipinski definition) is 0. The van der Waals surface area contributed by atoms with Crippen LogP contribution in [-0.4, -0.2) is 0 Å². The smallest absolute Gasteiger partial charge is 0.0232 e. The Morgan fingerprint density at radius 3 is 2.55 bits per heavy atom. The van der Waals surface area contributed by atoms with Crippen LogP contribution in [0, 0.1) is 17.8 Å². The monoisotopic (exact) mass is 152 g/mol. The third-order valence-corrected chi connectivity index (χ3v) is 3.13. The molecule has 0 amide bonds. The van der Waals surface area contributed by atoms with Gasteiger partial charge < -0.3 is 0 Å². The SMILES string of the molecule is C=C1CC[C@@H](C(C)C)C[C@H]1C. The van der Waals surface area contributed by atoms with Crippen LogP contribution in [-0.2, 0) is 0 Å². The third-order valence-electron chi connectivity index (χ3n) is 3.13. The minimum Gasteiger partial charge on any atom is -0.0996 e. The summed E-state index contributed by atoms with van der Waals surface area (Å²) >= 11 is 0. The van der Waals surface area contributed by atoms with Crippen molar-refractivity contribution in [2.24, 2.45) is 17.8 Å². The van der Waals surface area contributed by atoms with E-state index in [4.69, 9.17) is 0 Å². The molecule has 0 radical (unpaired) electrons. The lowest BCUT2D eigenvalue weighted by Crippen LogP contribution is -2.19. The van der Waals surface area contributed by atoms with Crippen molar-refractivity contribution >= 4 is 0 Å². The number of hydrogen-bond donors (Lipinski definition) is 0. The Labute approximate surface area is 70.7 Å². The van der Waals surface area contributed by atoms with Gasteiger partial charge in [0, 0.05) is 0 Å². The maximum absolute atomic E-state index is 4.09. The van der Waals surface area contributed by atoms with E-state index >= 15 is 0 Å². The van der Waals surface area contributed by atoms with Crippen molar-refractivity contribution in [2.45, 2.75) is 40.0 Å². The molecule has 0 spiro atoms. The van der Waals surface area contributed by atoms with Crippen molar-refractivity contribution in [3.05, 3.63) is 12.2 Å². The van der Waals surface area contributed by atoms with Crippen molar-refractivity contribution < 1.29 is 0 Å². The Morgan fingerprint density at radius 1 is 1.45 bits per heavy atom. The molecule has 0 aromatic heterocycles. The predicted molar refractivity (Wildman–Crippen MR) is 50.5 cm³/mol. The van der Waals surface area contributed by atoms with Gasteiger partial charge in [0.05, 0.1) is 0 Å². The van der Waals surface area contributed by atoms with Gasteiger partial charge in [-0.15, -0.1) is 0 Å². The van der Waals surface area contributed by atoms with Crippen molar-refractivity contribution in [1.82, 2.24) is 0 Å². The van der Waals surface area contributed by atoms with Gasteiger partial charge in [0.2, 0.25) is 0 Å². The van der Waals surface area contributed by atoms with Crippen molar-refractivity contribution in [3.8, 4) is 0 Å². The van der Waals surface area contributed by atoms with Crippen LogP contribution in [0.5, 0.6) is 0 Å². The van der Waals surface area contributed by atoms with Crippen LogP contribution in [0.25, 0.3) is 0 Å². The topological polar surface area (TPSA) is 0 Å². The van der Waals surface area contributed by atoms with Crippen molar-refractivity contribution in [1.29, 1.82) is 0 Å². The van der Waals surface area contributed by atoms with Crippen LogP contribution < -0.4 is 0 Å².